The van der Waals surface area contributed by atoms with E-state index in [1.807, 2.05) is 24.3 Å². The minimum atomic E-state index is 0.199. The molecule has 0 fully saturated rings. The van der Waals surface area contributed by atoms with Gasteiger partial charge in [0.15, 0.2) is 0 Å². The number of unbranched alkanes of at least 4 members (excludes halogenated alkanes) is 2. The van der Waals surface area contributed by atoms with Crippen LogP contribution in [0.3, 0.4) is 0 Å². The molecule has 55 heavy (non-hydrogen) atoms. The molecule has 2 aliphatic rings. The van der Waals surface area contributed by atoms with Crippen molar-refractivity contribution in [2.75, 3.05) is 0 Å². The van der Waals surface area contributed by atoms with Crippen LogP contribution < -0.4 is 0 Å². The fraction of sp³-hybridized carbons (Fsp3) is 0.143. The summed E-state index contributed by atoms with van der Waals surface area (Å²) in [6.07, 6.45) is 19.3. The number of H-pyrrole nitrogens is 2. The SMILES string of the molecule is CC/C=C\CCC/C=C(\C)c1c2nc(c(-c3ccc(O)cc3)c3ccc([nH]3)c(-c3ccc(O)cc3)c3nc(c(-c4ccc(C)cc4)c4ccc1[nH]4)C=C3)C=C2. The maximum Gasteiger partial charge on any atom is 0.115 e. The van der Waals surface area contributed by atoms with E-state index >= 15 is 0 Å². The molecule has 0 atom stereocenters. The molecule has 5 heterocycles. The first-order chi connectivity index (χ1) is 26.9. The van der Waals surface area contributed by atoms with Crippen molar-refractivity contribution in [3.05, 3.63) is 149 Å². The van der Waals surface area contributed by atoms with Crippen molar-refractivity contribution < 1.29 is 10.2 Å². The summed E-state index contributed by atoms with van der Waals surface area (Å²) in [6, 6.07) is 31.6. The molecule has 2 aliphatic heterocycles. The standard InChI is InChI=1S/C49H44N4O2/c1-4-5-6-7-8-9-10-32(3)46-38-23-25-40(50-38)47(33-13-11-31(2)12-14-33)42-27-28-44(52-42)49(35-17-21-37(55)22-18-35)45-30-29-43(53-45)48(41-26-24-39(46)51-41)34-15-19-36(54)20-16-34/h5-6,10-30,50,53-55H,4,7-9H2,1-3H3/b6-5-,32-10+,46-38?,46-39?,47-40?,47-42?,48-41?,48-43?,49-44?,49-45?. The highest BCUT2D eigenvalue weighted by Crippen LogP contribution is 2.38. The van der Waals surface area contributed by atoms with Gasteiger partial charge in [-0.2, -0.15) is 0 Å². The molecule has 6 aromatic rings. The molecule has 0 unspecified atom stereocenters. The highest BCUT2D eigenvalue weighted by molar-refractivity contribution is 5.99. The zero-order chi connectivity index (χ0) is 37.9. The van der Waals surface area contributed by atoms with Crippen LogP contribution in [0.5, 0.6) is 11.5 Å². The summed E-state index contributed by atoms with van der Waals surface area (Å²) in [5.41, 5.74) is 16.2. The van der Waals surface area contributed by atoms with Crippen LogP contribution in [-0.2, 0) is 0 Å². The zero-order valence-corrected chi connectivity index (χ0v) is 31.4. The van der Waals surface area contributed by atoms with Gasteiger partial charge in [0.05, 0.1) is 22.8 Å². The summed E-state index contributed by atoms with van der Waals surface area (Å²) < 4.78 is 0. The first kappa shape index (κ1) is 35.4. The van der Waals surface area contributed by atoms with E-state index in [-0.39, 0.29) is 11.5 Å². The molecule has 0 spiro atoms. The van der Waals surface area contributed by atoms with Gasteiger partial charge in [0, 0.05) is 44.3 Å². The van der Waals surface area contributed by atoms with Crippen LogP contribution in [-0.4, -0.2) is 30.1 Å². The van der Waals surface area contributed by atoms with Gasteiger partial charge >= 0.3 is 0 Å². The first-order valence-corrected chi connectivity index (χ1v) is 19.0. The number of phenolic OH excluding ortho intramolecular Hbond substituents is 2. The lowest BCUT2D eigenvalue weighted by Gasteiger charge is -2.07. The number of hydrogen-bond donors (Lipinski definition) is 4. The second kappa shape index (κ2) is 15.4. The number of aromatic nitrogens is 4. The molecule has 0 saturated carbocycles. The summed E-state index contributed by atoms with van der Waals surface area (Å²) >= 11 is 0. The topological polar surface area (TPSA) is 97.8 Å². The summed E-state index contributed by atoms with van der Waals surface area (Å²) in [6.45, 7) is 6.45. The molecule has 0 saturated heterocycles. The maximum atomic E-state index is 10.2. The predicted molar refractivity (Wildman–Crippen MR) is 230 cm³/mol. The molecule has 8 rings (SSSR count). The van der Waals surface area contributed by atoms with Gasteiger partial charge in [0.2, 0.25) is 0 Å². The largest absolute Gasteiger partial charge is 0.508 e. The smallest absolute Gasteiger partial charge is 0.115 e. The Balaban J connectivity index is 1.48. The minimum Gasteiger partial charge on any atom is -0.508 e. The van der Waals surface area contributed by atoms with Crippen molar-refractivity contribution >= 4 is 51.9 Å². The lowest BCUT2D eigenvalue weighted by Crippen LogP contribution is -1.91. The molecule has 0 amide bonds. The maximum absolute atomic E-state index is 10.2. The van der Waals surface area contributed by atoms with E-state index in [9.17, 15) is 10.2 Å². The minimum absolute atomic E-state index is 0.199. The number of benzene rings is 3. The average Bonchev–Trinajstić information content (AvgIpc) is 4.03. The van der Waals surface area contributed by atoms with Gasteiger partial charge in [-0.1, -0.05) is 79.2 Å². The average molecular weight is 721 g/mol. The molecule has 8 bridgehead atoms. The van der Waals surface area contributed by atoms with Crippen LogP contribution in [0.15, 0.2) is 115 Å². The Hall–Kier alpha value is -6.66. The first-order valence-electron chi connectivity index (χ1n) is 19.0. The van der Waals surface area contributed by atoms with E-state index in [0.29, 0.717) is 0 Å². The Morgan fingerprint density at radius 3 is 1.49 bits per heavy atom. The predicted octanol–water partition coefficient (Wildman–Crippen LogP) is 12.9. The summed E-state index contributed by atoms with van der Waals surface area (Å²) in [5.74, 6) is 0.401. The molecule has 6 nitrogen and oxygen atoms in total. The van der Waals surface area contributed by atoms with Gasteiger partial charge < -0.3 is 20.2 Å². The number of rotatable bonds is 9. The van der Waals surface area contributed by atoms with Crippen molar-refractivity contribution in [2.24, 2.45) is 0 Å². The van der Waals surface area contributed by atoms with Crippen LogP contribution in [0.25, 0.3) is 85.3 Å². The number of hydrogen-bond acceptors (Lipinski definition) is 4. The number of nitrogens with one attached hydrogen (secondary N) is 2. The van der Waals surface area contributed by atoms with E-state index in [1.54, 1.807) is 24.3 Å². The van der Waals surface area contributed by atoms with E-state index in [4.69, 9.17) is 9.97 Å². The Labute approximate surface area is 321 Å². The normalized spacial score (nSPS) is 12.6. The monoisotopic (exact) mass is 720 g/mol. The van der Waals surface area contributed by atoms with Crippen LogP contribution >= 0.6 is 0 Å². The van der Waals surface area contributed by atoms with Crippen LogP contribution in [0.2, 0.25) is 0 Å². The van der Waals surface area contributed by atoms with Crippen molar-refractivity contribution in [1.29, 1.82) is 0 Å². The summed E-state index contributed by atoms with van der Waals surface area (Å²) in [5, 5.41) is 20.5. The molecule has 3 aromatic carbocycles. The lowest BCUT2D eigenvalue weighted by molar-refractivity contribution is 0.475. The van der Waals surface area contributed by atoms with Crippen LogP contribution in [0.4, 0.5) is 0 Å². The van der Waals surface area contributed by atoms with Crippen molar-refractivity contribution in [3.63, 3.8) is 0 Å². The molecule has 3 aromatic heterocycles. The lowest BCUT2D eigenvalue weighted by atomic mass is 10.0. The number of allylic oxidation sites excluding steroid dienone is 4. The molecular weight excluding hydrogens is 677 g/mol. The highest BCUT2D eigenvalue weighted by atomic mass is 16.3. The van der Waals surface area contributed by atoms with Gasteiger partial charge in [-0.15, -0.1) is 0 Å². The zero-order valence-electron chi connectivity index (χ0n) is 31.4. The summed E-state index contributed by atoms with van der Waals surface area (Å²) in [7, 11) is 0. The molecule has 0 radical (unpaired) electrons. The molecule has 272 valence electrons. The molecule has 6 heteroatoms. The van der Waals surface area contributed by atoms with E-state index < -0.39 is 0 Å². The van der Waals surface area contributed by atoms with Gasteiger partial charge in [-0.3, -0.25) is 0 Å². The van der Waals surface area contributed by atoms with Gasteiger partial charge in [0.1, 0.15) is 11.5 Å². The third kappa shape index (κ3) is 7.32. The number of aromatic amines is 2. The van der Waals surface area contributed by atoms with Gasteiger partial charge in [-0.25, -0.2) is 9.97 Å². The number of nitrogens with zero attached hydrogens (tertiary/aromatic N) is 2. The molecular formula is C49H44N4O2. The van der Waals surface area contributed by atoms with Gasteiger partial charge in [-0.05, 0) is 135 Å². The fourth-order valence-electron chi connectivity index (χ4n) is 7.45. The van der Waals surface area contributed by atoms with E-state index in [1.165, 1.54) is 5.56 Å². The van der Waals surface area contributed by atoms with E-state index in [0.717, 1.165) is 115 Å². The number of aromatic hydroxyl groups is 2. The van der Waals surface area contributed by atoms with Gasteiger partial charge in [0.25, 0.3) is 0 Å². The third-order valence-electron chi connectivity index (χ3n) is 10.2. The Morgan fingerprint density at radius 2 is 0.982 bits per heavy atom. The Morgan fingerprint density at radius 1 is 0.545 bits per heavy atom. The van der Waals surface area contributed by atoms with Crippen molar-refractivity contribution in [3.8, 4) is 44.9 Å². The Kier molecular flexibility index (Phi) is 9.88. The highest BCUT2D eigenvalue weighted by Gasteiger charge is 2.19. The van der Waals surface area contributed by atoms with Crippen molar-refractivity contribution in [1.82, 2.24) is 19.9 Å². The third-order valence-corrected chi connectivity index (χ3v) is 10.2. The van der Waals surface area contributed by atoms with Crippen LogP contribution in [0, 0.1) is 6.92 Å². The van der Waals surface area contributed by atoms with E-state index in [2.05, 4.69) is 122 Å². The summed E-state index contributed by atoms with van der Waals surface area (Å²) in [4.78, 5) is 18.3. The fourth-order valence-corrected chi connectivity index (χ4v) is 7.45. The molecule has 4 N–H and O–H groups in total. The second-order valence-corrected chi connectivity index (χ2v) is 14.2. The number of fused-ring (bicyclic) bond motifs is 8. The molecule has 0 aliphatic carbocycles. The Bertz CT molecular complexity index is 2630. The van der Waals surface area contributed by atoms with Crippen LogP contribution in [0.1, 0.15) is 73.4 Å². The second-order valence-electron chi connectivity index (χ2n) is 14.2. The number of phenols is 2. The number of aryl methyl sites for hydroxylation is 1. The quantitative estimate of drug-likeness (QED) is 0.0881. The van der Waals surface area contributed by atoms with Crippen molar-refractivity contribution in [2.45, 2.75) is 46.5 Å².